The van der Waals surface area contributed by atoms with Crippen LogP contribution in [0.4, 0.5) is 17.3 Å². The number of likely N-dealkylation sites (tertiary alicyclic amines) is 1. The van der Waals surface area contributed by atoms with E-state index in [0.717, 1.165) is 60.8 Å². The molecule has 1 aromatic heterocycles. The number of nitrogens with two attached hydrogens (primary N) is 1. The zero-order valence-electron chi connectivity index (χ0n) is 19.0. The quantitative estimate of drug-likeness (QED) is 0.388. The van der Waals surface area contributed by atoms with Crippen LogP contribution in [0, 0.1) is 0 Å². The van der Waals surface area contributed by atoms with Gasteiger partial charge >= 0.3 is 0 Å². The Hall–Kier alpha value is -3.42. The summed E-state index contributed by atoms with van der Waals surface area (Å²) in [6.07, 6.45) is 4.20. The first-order valence-electron chi connectivity index (χ1n) is 11.5. The zero-order chi connectivity index (χ0) is 22.8. The summed E-state index contributed by atoms with van der Waals surface area (Å²) in [6.45, 7) is 9.50. The average Bonchev–Trinajstić information content (AvgIpc) is 3.28. The van der Waals surface area contributed by atoms with Crippen molar-refractivity contribution >= 4 is 23.0 Å². The van der Waals surface area contributed by atoms with E-state index < -0.39 is 0 Å². The molecule has 0 aliphatic carbocycles. The maximum Gasteiger partial charge on any atom is 0.227 e. The molecule has 5 rings (SSSR count). The van der Waals surface area contributed by atoms with E-state index in [2.05, 4.69) is 51.2 Å². The predicted octanol–water partition coefficient (Wildman–Crippen LogP) is 4.35. The fraction of sp³-hybridized carbons (Fsp3) is 0.308. The van der Waals surface area contributed by atoms with Gasteiger partial charge in [-0.3, -0.25) is 10.7 Å². The van der Waals surface area contributed by atoms with E-state index in [1.807, 2.05) is 48.7 Å². The summed E-state index contributed by atoms with van der Waals surface area (Å²) in [5.74, 6) is 6.16. The molecule has 2 aromatic carbocycles. The summed E-state index contributed by atoms with van der Waals surface area (Å²) in [5, 5.41) is 3.31. The fourth-order valence-corrected chi connectivity index (χ4v) is 4.95. The fourth-order valence-electron chi connectivity index (χ4n) is 4.95. The Morgan fingerprint density at radius 1 is 1.06 bits per heavy atom. The molecule has 0 amide bonds. The molecule has 3 aromatic rings. The second-order valence-electron chi connectivity index (χ2n) is 8.95. The zero-order valence-corrected chi connectivity index (χ0v) is 19.0. The van der Waals surface area contributed by atoms with Crippen LogP contribution in [0.5, 0.6) is 0 Å². The van der Waals surface area contributed by atoms with Crippen LogP contribution in [-0.4, -0.2) is 38.4 Å². The van der Waals surface area contributed by atoms with E-state index in [4.69, 9.17) is 10.8 Å². The number of aromatic nitrogens is 2. The molecule has 2 aliphatic heterocycles. The summed E-state index contributed by atoms with van der Waals surface area (Å²) in [7, 11) is 0. The van der Waals surface area contributed by atoms with Gasteiger partial charge in [0.05, 0.1) is 5.69 Å². The first-order chi connectivity index (χ1) is 16.1. The summed E-state index contributed by atoms with van der Waals surface area (Å²) >= 11 is 0. The van der Waals surface area contributed by atoms with Crippen LogP contribution in [0.2, 0.25) is 0 Å². The molecule has 0 saturated carbocycles. The SMILES string of the molecule is C=C(c1ccc(NN)cc1)N1CC[C@H](N2Cc3cnc(Nc4ccccc4)nc3C2)C[C@H]1C. The third-order valence-corrected chi connectivity index (χ3v) is 6.81. The lowest BCUT2D eigenvalue weighted by Crippen LogP contribution is -2.46. The molecule has 1 saturated heterocycles. The van der Waals surface area contributed by atoms with Gasteiger partial charge in [-0.05, 0) is 49.6 Å². The van der Waals surface area contributed by atoms with Crippen molar-refractivity contribution in [2.24, 2.45) is 5.84 Å². The van der Waals surface area contributed by atoms with Crippen molar-refractivity contribution in [2.75, 3.05) is 17.3 Å². The Balaban J connectivity index is 1.21. The number of rotatable bonds is 6. The van der Waals surface area contributed by atoms with Crippen LogP contribution in [0.15, 0.2) is 67.4 Å². The second-order valence-corrected chi connectivity index (χ2v) is 8.95. The summed E-state index contributed by atoms with van der Waals surface area (Å²) in [4.78, 5) is 14.3. The Labute approximate surface area is 195 Å². The lowest BCUT2D eigenvalue weighted by molar-refractivity contribution is 0.102. The molecule has 4 N–H and O–H groups in total. The predicted molar refractivity (Wildman–Crippen MR) is 133 cm³/mol. The maximum absolute atomic E-state index is 5.49. The Morgan fingerprint density at radius 3 is 2.58 bits per heavy atom. The minimum atomic E-state index is 0.425. The summed E-state index contributed by atoms with van der Waals surface area (Å²) in [5.41, 5.74) is 9.18. The molecule has 7 nitrogen and oxygen atoms in total. The van der Waals surface area contributed by atoms with E-state index in [1.165, 1.54) is 5.56 Å². The third kappa shape index (κ3) is 4.55. The van der Waals surface area contributed by atoms with Gasteiger partial charge in [-0.2, -0.15) is 0 Å². The van der Waals surface area contributed by atoms with Gasteiger partial charge in [-0.25, -0.2) is 9.97 Å². The first-order valence-corrected chi connectivity index (χ1v) is 11.5. The van der Waals surface area contributed by atoms with Crippen LogP contribution in [0.3, 0.4) is 0 Å². The second kappa shape index (κ2) is 9.21. The van der Waals surface area contributed by atoms with Gasteiger partial charge in [-0.15, -0.1) is 0 Å². The highest BCUT2D eigenvalue weighted by atomic mass is 15.2. The molecule has 1 fully saturated rings. The van der Waals surface area contributed by atoms with Crippen molar-refractivity contribution < 1.29 is 0 Å². The van der Waals surface area contributed by atoms with Crippen LogP contribution in [0.1, 0.15) is 36.6 Å². The Kier molecular flexibility index (Phi) is 5.98. The Morgan fingerprint density at radius 2 is 1.85 bits per heavy atom. The van der Waals surface area contributed by atoms with Gasteiger partial charge in [0.15, 0.2) is 0 Å². The van der Waals surface area contributed by atoms with Crippen LogP contribution < -0.4 is 16.6 Å². The van der Waals surface area contributed by atoms with Gasteiger partial charge in [0.1, 0.15) is 0 Å². The average molecular weight is 442 g/mol. The lowest BCUT2D eigenvalue weighted by atomic mass is 9.95. The van der Waals surface area contributed by atoms with Crippen molar-refractivity contribution in [3.8, 4) is 0 Å². The molecule has 0 bridgehead atoms. The monoisotopic (exact) mass is 441 g/mol. The molecule has 0 unspecified atom stereocenters. The van der Waals surface area contributed by atoms with E-state index in [-0.39, 0.29) is 0 Å². The van der Waals surface area contributed by atoms with Crippen LogP contribution >= 0.6 is 0 Å². The first kappa shape index (κ1) is 21.4. The molecule has 0 radical (unpaired) electrons. The number of hydrazine groups is 1. The van der Waals surface area contributed by atoms with Crippen molar-refractivity contribution in [3.63, 3.8) is 0 Å². The van der Waals surface area contributed by atoms with Crippen LogP contribution in [-0.2, 0) is 13.1 Å². The van der Waals surface area contributed by atoms with Gasteiger partial charge in [0, 0.05) is 60.6 Å². The molecule has 0 spiro atoms. The number of hydrogen-bond acceptors (Lipinski definition) is 7. The number of fused-ring (bicyclic) bond motifs is 1. The molecule has 2 atom stereocenters. The van der Waals surface area contributed by atoms with Gasteiger partial charge in [0.2, 0.25) is 5.95 Å². The normalized spacial score (nSPS) is 20.4. The van der Waals surface area contributed by atoms with Crippen molar-refractivity contribution in [3.05, 3.63) is 84.2 Å². The number of nitrogens with one attached hydrogen (secondary N) is 2. The van der Waals surface area contributed by atoms with Gasteiger partial charge in [-0.1, -0.05) is 36.9 Å². The highest BCUT2D eigenvalue weighted by Crippen LogP contribution is 2.33. The Bertz CT molecular complexity index is 1110. The number of nitrogen functional groups attached to an aromatic ring is 1. The van der Waals surface area contributed by atoms with Crippen molar-refractivity contribution in [1.82, 2.24) is 19.8 Å². The van der Waals surface area contributed by atoms with Crippen LogP contribution in [0.25, 0.3) is 5.70 Å². The molecular weight excluding hydrogens is 410 g/mol. The topological polar surface area (TPSA) is 82.3 Å². The standard InChI is InChI=1S/C26H31N7/c1-18-14-24(12-13-33(18)19(2)20-8-10-23(31-27)11-9-20)32-16-21-15-28-26(30-25(21)17-32)29-22-6-4-3-5-7-22/h3-11,15,18,24,31H,2,12-14,16-17,27H2,1H3,(H,28,29,30)/t18-,24+/m1/s1. The highest BCUT2D eigenvalue weighted by Gasteiger charge is 2.33. The lowest BCUT2D eigenvalue weighted by Gasteiger charge is -2.43. The number of piperidine rings is 1. The van der Waals surface area contributed by atoms with E-state index >= 15 is 0 Å². The largest absolute Gasteiger partial charge is 0.369 e. The number of hydrogen-bond donors (Lipinski definition) is 3. The molecule has 2 aliphatic rings. The van der Waals surface area contributed by atoms with Gasteiger partial charge in [0.25, 0.3) is 0 Å². The molecule has 7 heteroatoms. The van der Waals surface area contributed by atoms with Crippen molar-refractivity contribution in [1.29, 1.82) is 0 Å². The number of benzene rings is 2. The van der Waals surface area contributed by atoms with E-state index in [1.54, 1.807) is 0 Å². The van der Waals surface area contributed by atoms with E-state index in [0.29, 0.717) is 18.0 Å². The van der Waals surface area contributed by atoms with Gasteiger partial charge < -0.3 is 15.6 Å². The number of para-hydroxylation sites is 1. The molecule has 33 heavy (non-hydrogen) atoms. The maximum atomic E-state index is 5.49. The molecule has 170 valence electrons. The molecular formula is C26H31N7. The summed E-state index contributed by atoms with van der Waals surface area (Å²) in [6, 6.07) is 19.1. The smallest absolute Gasteiger partial charge is 0.227 e. The molecule has 3 heterocycles. The summed E-state index contributed by atoms with van der Waals surface area (Å²) < 4.78 is 0. The highest BCUT2D eigenvalue weighted by molar-refractivity contribution is 5.64. The van der Waals surface area contributed by atoms with Crippen molar-refractivity contribution in [2.45, 2.75) is 44.9 Å². The minimum Gasteiger partial charge on any atom is -0.369 e. The minimum absolute atomic E-state index is 0.425. The number of anilines is 3. The number of nitrogens with zero attached hydrogens (tertiary/aromatic N) is 4. The third-order valence-electron chi connectivity index (χ3n) is 6.81. The van der Waals surface area contributed by atoms with E-state index in [9.17, 15) is 0 Å².